The summed E-state index contributed by atoms with van der Waals surface area (Å²) in [6, 6.07) is 14.2. The van der Waals surface area contributed by atoms with E-state index in [1.165, 1.54) is 39.9 Å². The van der Waals surface area contributed by atoms with Crippen molar-refractivity contribution in [2.75, 3.05) is 5.32 Å². The highest BCUT2D eigenvalue weighted by molar-refractivity contribution is 7.86. The molecule has 7 nitrogen and oxygen atoms in total. The maximum Gasteiger partial charge on any atom is 0.335 e. The first kappa shape index (κ1) is 40.1. The standard InChI is InChI=1S/C46H52N2O5S/c1-24(2)38-21-34(14-17-40(38)47-44-28(7)19-26(5)30(9)32(44)11)43(37-16-13-36(46(49)50)23-42(37)54(51,52)53)35-15-18-41(39(22-35)25(3)4)48-45-29(8)20-27(6)31(10)33(45)12/h13-25,47H,1-12H3,(H,49,50)(H,51,52,53). The molecule has 0 bridgehead atoms. The molecule has 0 saturated carbocycles. The molecule has 0 aromatic heterocycles. The molecule has 0 radical (unpaired) electrons. The van der Waals surface area contributed by atoms with Gasteiger partial charge in [0.05, 0.1) is 17.0 Å². The zero-order chi connectivity index (χ0) is 40.0. The first-order valence-corrected chi connectivity index (χ1v) is 19.8. The van der Waals surface area contributed by atoms with Crippen LogP contribution in [0, 0.1) is 61.3 Å². The molecule has 282 valence electrons. The second-order valence-electron chi connectivity index (χ2n) is 15.2. The van der Waals surface area contributed by atoms with Gasteiger partial charge in [-0.1, -0.05) is 58.0 Å². The lowest BCUT2D eigenvalue weighted by molar-refractivity contribution is 0.0696. The number of rotatable bonds is 9. The number of anilines is 2. The minimum absolute atomic E-state index is 0.0507. The molecular weight excluding hydrogens is 693 g/mol. The maximum absolute atomic E-state index is 13.0. The number of carboxylic acids is 1. The lowest BCUT2D eigenvalue weighted by atomic mass is 9.84. The van der Waals surface area contributed by atoms with Crippen LogP contribution in [-0.4, -0.2) is 29.8 Å². The van der Waals surface area contributed by atoms with Gasteiger partial charge in [0, 0.05) is 16.9 Å². The van der Waals surface area contributed by atoms with Crippen LogP contribution < -0.4 is 5.32 Å². The summed E-state index contributed by atoms with van der Waals surface area (Å²) in [5.74, 6) is -1.17. The fourth-order valence-corrected chi connectivity index (χ4v) is 8.04. The SMILES string of the molecule is Cc1cc(C)c(N=C2C=CC(=C(c3ccc(Nc4c(C)cc(C)c(C)c4C)c(C(C)C)c3)c3ccc(C(=O)O)cc3S(=O)(=O)O)C=C2C(C)C)c(C)c1C. The Kier molecular flexibility index (Phi) is 11.4. The van der Waals surface area contributed by atoms with E-state index >= 15 is 0 Å². The number of nitrogens with zero attached hydrogens (tertiary/aromatic N) is 1. The van der Waals surface area contributed by atoms with Crippen molar-refractivity contribution >= 4 is 44.4 Å². The number of allylic oxidation sites excluding steroid dienone is 5. The quantitative estimate of drug-likeness (QED) is 0.147. The van der Waals surface area contributed by atoms with Gasteiger partial charge in [-0.05, 0) is 176 Å². The summed E-state index contributed by atoms with van der Waals surface area (Å²) < 4.78 is 36.6. The molecule has 5 rings (SSSR count). The van der Waals surface area contributed by atoms with Gasteiger partial charge in [0.15, 0.2) is 0 Å². The van der Waals surface area contributed by atoms with Crippen molar-refractivity contribution in [3.8, 4) is 0 Å². The summed E-state index contributed by atoms with van der Waals surface area (Å²) in [5, 5.41) is 13.5. The second kappa shape index (κ2) is 15.4. The first-order valence-electron chi connectivity index (χ1n) is 18.4. The van der Waals surface area contributed by atoms with Gasteiger partial charge in [0.1, 0.15) is 4.90 Å². The number of aryl methyl sites for hydroxylation is 4. The molecule has 0 saturated heterocycles. The van der Waals surface area contributed by atoms with E-state index < -0.39 is 21.0 Å². The van der Waals surface area contributed by atoms with Crippen molar-refractivity contribution in [2.24, 2.45) is 10.9 Å². The van der Waals surface area contributed by atoms with Gasteiger partial charge in [-0.3, -0.25) is 4.55 Å². The van der Waals surface area contributed by atoms with E-state index in [1.807, 2.05) is 30.4 Å². The van der Waals surface area contributed by atoms with Crippen LogP contribution in [0.5, 0.6) is 0 Å². The van der Waals surface area contributed by atoms with Crippen molar-refractivity contribution in [1.82, 2.24) is 0 Å². The predicted molar refractivity (Wildman–Crippen MR) is 223 cm³/mol. The smallest absolute Gasteiger partial charge is 0.335 e. The third-order valence-electron chi connectivity index (χ3n) is 10.8. The zero-order valence-electron chi connectivity index (χ0n) is 33.5. The number of hydrogen-bond acceptors (Lipinski definition) is 5. The fourth-order valence-electron chi connectivity index (χ4n) is 7.31. The van der Waals surface area contributed by atoms with E-state index in [9.17, 15) is 22.9 Å². The van der Waals surface area contributed by atoms with Crippen LogP contribution in [0.25, 0.3) is 5.57 Å². The first-order chi connectivity index (χ1) is 25.2. The maximum atomic E-state index is 13.0. The van der Waals surface area contributed by atoms with E-state index in [0.29, 0.717) is 16.7 Å². The molecule has 0 spiro atoms. The number of carbonyl (C=O) groups is 1. The zero-order valence-corrected chi connectivity index (χ0v) is 34.3. The Morgan fingerprint density at radius 3 is 1.91 bits per heavy atom. The van der Waals surface area contributed by atoms with Gasteiger partial charge in [-0.15, -0.1) is 0 Å². The van der Waals surface area contributed by atoms with Gasteiger partial charge < -0.3 is 10.4 Å². The molecule has 0 aliphatic heterocycles. The van der Waals surface area contributed by atoms with Crippen LogP contribution >= 0.6 is 0 Å². The van der Waals surface area contributed by atoms with Crippen molar-refractivity contribution in [2.45, 2.75) is 93.9 Å². The Balaban J connectivity index is 1.81. The molecular formula is C46H52N2O5S. The van der Waals surface area contributed by atoms with Crippen LogP contribution in [0.2, 0.25) is 0 Å². The van der Waals surface area contributed by atoms with Crippen molar-refractivity contribution in [1.29, 1.82) is 0 Å². The highest BCUT2D eigenvalue weighted by atomic mass is 32.2. The average molecular weight is 745 g/mol. The molecule has 1 aliphatic carbocycles. The molecule has 4 aromatic rings. The van der Waals surface area contributed by atoms with Crippen LogP contribution in [0.4, 0.5) is 17.1 Å². The second-order valence-corrected chi connectivity index (χ2v) is 16.6. The summed E-state index contributed by atoms with van der Waals surface area (Å²) in [5.41, 5.74) is 17.0. The van der Waals surface area contributed by atoms with Gasteiger partial charge >= 0.3 is 5.97 Å². The van der Waals surface area contributed by atoms with Crippen LogP contribution in [0.15, 0.2) is 87.8 Å². The molecule has 8 heteroatoms. The topological polar surface area (TPSA) is 116 Å². The monoisotopic (exact) mass is 744 g/mol. The molecule has 0 atom stereocenters. The summed E-state index contributed by atoms with van der Waals surface area (Å²) in [6.07, 6.45) is 5.92. The Labute approximate surface area is 321 Å². The van der Waals surface area contributed by atoms with Crippen molar-refractivity contribution in [3.05, 3.63) is 145 Å². The van der Waals surface area contributed by atoms with Gasteiger partial charge in [0.25, 0.3) is 10.1 Å². The normalized spacial score (nSPS) is 14.9. The molecule has 0 heterocycles. The number of aliphatic imine (C=N–C) groups is 1. The average Bonchev–Trinajstić information content (AvgIpc) is 3.10. The van der Waals surface area contributed by atoms with Crippen molar-refractivity contribution < 1.29 is 22.9 Å². The number of hydrogen-bond donors (Lipinski definition) is 3. The molecule has 0 amide bonds. The molecule has 54 heavy (non-hydrogen) atoms. The summed E-state index contributed by atoms with van der Waals surface area (Å²) in [4.78, 5) is 16.7. The van der Waals surface area contributed by atoms with E-state index in [1.54, 1.807) is 0 Å². The van der Waals surface area contributed by atoms with E-state index in [2.05, 4.69) is 107 Å². The minimum Gasteiger partial charge on any atom is -0.478 e. The van der Waals surface area contributed by atoms with E-state index in [0.717, 1.165) is 56.7 Å². The Morgan fingerprint density at radius 2 is 1.31 bits per heavy atom. The number of benzene rings is 4. The highest BCUT2D eigenvalue weighted by Crippen LogP contribution is 2.40. The largest absolute Gasteiger partial charge is 0.478 e. The lowest BCUT2D eigenvalue weighted by Gasteiger charge is -2.24. The van der Waals surface area contributed by atoms with Gasteiger partial charge in [-0.25, -0.2) is 9.79 Å². The highest BCUT2D eigenvalue weighted by Gasteiger charge is 2.26. The number of aromatic carboxylic acids is 1. The molecule has 0 fully saturated rings. The Hall–Kier alpha value is -5.05. The third kappa shape index (κ3) is 7.91. The summed E-state index contributed by atoms with van der Waals surface area (Å²) in [6.45, 7) is 25.2. The molecule has 1 aliphatic rings. The van der Waals surface area contributed by atoms with Crippen LogP contribution in [0.3, 0.4) is 0 Å². The Bertz CT molecular complexity index is 2440. The molecule has 3 N–H and O–H groups in total. The third-order valence-corrected chi connectivity index (χ3v) is 11.7. The van der Waals surface area contributed by atoms with Crippen LogP contribution in [0.1, 0.15) is 105 Å². The van der Waals surface area contributed by atoms with E-state index in [4.69, 9.17) is 4.99 Å². The van der Waals surface area contributed by atoms with Gasteiger partial charge in [-0.2, -0.15) is 8.42 Å². The van der Waals surface area contributed by atoms with Crippen LogP contribution in [-0.2, 0) is 10.1 Å². The molecule has 4 aromatic carbocycles. The minimum atomic E-state index is -4.85. The fraction of sp³-hybridized carbons (Fsp3) is 0.304. The number of nitrogens with one attached hydrogen (secondary N) is 1. The number of carboxylic acid groups (broad SMARTS) is 1. The lowest BCUT2D eigenvalue weighted by Crippen LogP contribution is -2.12. The summed E-state index contributed by atoms with van der Waals surface area (Å²) in [7, 11) is -4.85. The van der Waals surface area contributed by atoms with E-state index in [-0.39, 0.29) is 23.0 Å². The Morgan fingerprint density at radius 1 is 0.704 bits per heavy atom. The van der Waals surface area contributed by atoms with Gasteiger partial charge in [0.2, 0.25) is 0 Å². The predicted octanol–water partition coefficient (Wildman–Crippen LogP) is 11.7. The van der Waals surface area contributed by atoms with Crippen molar-refractivity contribution in [3.63, 3.8) is 0 Å². The molecule has 0 unspecified atom stereocenters. The summed E-state index contributed by atoms with van der Waals surface area (Å²) >= 11 is 0.